The van der Waals surface area contributed by atoms with E-state index in [0.29, 0.717) is 0 Å². The van der Waals surface area contributed by atoms with Crippen molar-refractivity contribution in [2.45, 2.75) is 30.3 Å². The minimum Gasteiger partial charge on any atom is -0.394 e. The predicted octanol–water partition coefficient (Wildman–Crippen LogP) is -2.58. The summed E-state index contributed by atoms with van der Waals surface area (Å²) in [5.74, 6) is 0. The van der Waals surface area contributed by atoms with Gasteiger partial charge in [-0.25, -0.2) is 0 Å². The molecule has 5 atom stereocenters. The van der Waals surface area contributed by atoms with Gasteiger partial charge in [-0.1, -0.05) is 5.11 Å². The smallest absolute Gasteiger partial charge is 0.203 e. The summed E-state index contributed by atoms with van der Waals surface area (Å²) >= 11 is 0. The first-order valence-corrected chi connectivity index (χ1v) is 4.06. The lowest BCUT2D eigenvalue weighted by Crippen LogP contribution is -2.66. The molecule has 15 heavy (non-hydrogen) atoms. The Bertz CT molecular complexity index is 282. The highest BCUT2D eigenvalue weighted by atomic mass is 16.6. The van der Waals surface area contributed by atoms with Gasteiger partial charge in [-0.15, -0.1) is 0 Å². The summed E-state index contributed by atoms with van der Waals surface area (Å²) in [6.45, 7) is -0.714. The minimum atomic E-state index is -2.63. The third-order valence-electron chi connectivity index (χ3n) is 2.19. The zero-order valence-electron chi connectivity index (χ0n) is 7.50. The molecule has 0 aromatic rings. The van der Waals surface area contributed by atoms with Gasteiger partial charge in [0.25, 0.3) is 0 Å². The first-order valence-electron chi connectivity index (χ1n) is 4.06. The lowest BCUT2D eigenvalue weighted by molar-refractivity contribution is -0.319. The molecule has 0 radical (unpaired) electrons. The molecule has 0 spiro atoms. The summed E-state index contributed by atoms with van der Waals surface area (Å²) in [6.07, 6.45) is -7.04. The van der Waals surface area contributed by atoms with Crippen LogP contribution in [-0.2, 0) is 4.74 Å². The van der Waals surface area contributed by atoms with Crippen LogP contribution in [0.2, 0.25) is 0 Å². The van der Waals surface area contributed by atoms with Crippen LogP contribution in [0.5, 0.6) is 0 Å². The standard InChI is InChI=1S/C6H11N3O6/c7-9-8-6(14)3(11)2(1-10)15-5(13)4(6)12/h2-5,10-14H,1H2/t2-,3-,4+,5+,6+/m1/s1. The van der Waals surface area contributed by atoms with E-state index in [1.807, 2.05) is 0 Å². The lowest BCUT2D eigenvalue weighted by atomic mass is 9.93. The van der Waals surface area contributed by atoms with E-state index in [9.17, 15) is 15.3 Å². The molecule has 1 aliphatic rings. The summed E-state index contributed by atoms with van der Waals surface area (Å²) < 4.78 is 4.56. The molecule has 1 heterocycles. The van der Waals surface area contributed by atoms with Gasteiger partial charge in [-0.05, 0) is 5.53 Å². The molecule has 0 amide bonds. The first-order chi connectivity index (χ1) is 6.97. The number of aliphatic hydroxyl groups is 5. The van der Waals surface area contributed by atoms with Gasteiger partial charge < -0.3 is 30.3 Å². The highest BCUT2D eigenvalue weighted by Gasteiger charge is 2.54. The fraction of sp³-hybridized carbons (Fsp3) is 1.00. The van der Waals surface area contributed by atoms with Gasteiger partial charge in [-0.3, -0.25) is 0 Å². The highest BCUT2D eigenvalue weighted by Crippen LogP contribution is 2.30. The van der Waals surface area contributed by atoms with Crippen LogP contribution in [0.3, 0.4) is 0 Å². The van der Waals surface area contributed by atoms with Crippen molar-refractivity contribution in [1.82, 2.24) is 0 Å². The van der Waals surface area contributed by atoms with Crippen molar-refractivity contribution in [3.8, 4) is 0 Å². The Morgan fingerprint density at radius 1 is 1.33 bits per heavy atom. The van der Waals surface area contributed by atoms with E-state index in [-0.39, 0.29) is 0 Å². The molecular formula is C6H11N3O6. The van der Waals surface area contributed by atoms with E-state index in [2.05, 4.69) is 14.8 Å². The molecule has 5 N–H and O–H groups in total. The van der Waals surface area contributed by atoms with E-state index in [1.54, 1.807) is 0 Å². The monoisotopic (exact) mass is 221 g/mol. The fourth-order valence-corrected chi connectivity index (χ4v) is 1.32. The van der Waals surface area contributed by atoms with Gasteiger partial charge in [-0.2, -0.15) is 0 Å². The predicted molar refractivity (Wildman–Crippen MR) is 44.1 cm³/mol. The Morgan fingerprint density at radius 2 is 1.93 bits per heavy atom. The van der Waals surface area contributed by atoms with Crippen molar-refractivity contribution in [2.24, 2.45) is 5.11 Å². The van der Waals surface area contributed by atoms with Gasteiger partial charge in [0.15, 0.2) is 6.29 Å². The van der Waals surface area contributed by atoms with Crippen molar-refractivity contribution in [3.05, 3.63) is 10.4 Å². The maximum Gasteiger partial charge on any atom is 0.203 e. The molecule has 1 rings (SSSR count). The van der Waals surface area contributed by atoms with Crippen LogP contribution in [0.15, 0.2) is 5.11 Å². The van der Waals surface area contributed by atoms with Gasteiger partial charge in [0, 0.05) is 4.91 Å². The van der Waals surface area contributed by atoms with E-state index >= 15 is 0 Å². The van der Waals surface area contributed by atoms with E-state index in [1.165, 1.54) is 0 Å². The second-order valence-corrected chi connectivity index (χ2v) is 3.11. The number of nitrogens with zero attached hydrogens (tertiary/aromatic N) is 3. The van der Waals surface area contributed by atoms with Crippen LogP contribution in [0.4, 0.5) is 0 Å². The maximum absolute atomic E-state index is 9.61. The Kier molecular flexibility index (Phi) is 3.47. The summed E-state index contributed by atoms with van der Waals surface area (Å²) in [5, 5.41) is 49.0. The topological polar surface area (TPSA) is 159 Å². The molecule has 9 heteroatoms. The molecule has 0 aliphatic carbocycles. The van der Waals surface area contributed by atoms with E-state index < -0.39 is 36.9 Å². The molecule has 9 nitrogen and oxygen atoms in total. The second kappa shape index (κ2) is 4.29. The number of hydrogen-bond acceptors (Lipinski definition) is 7. The number of rotatable bonds is 2. The quantitative estimate of drug-likeness (QED) is 0.195. The molecule has 0 aromatic heterocycles. The molecule has 1 saturated heterocycles. The van der Waals surface area contributed by atoms with Crippen LogP contribution in [0, 0.1) is 0 Å². The fourth-order valence-electron chi connectivity index (χ4n) is 1.32. The average Bonchev–Trinajstić information content (AvgIpc) is 2.21. The lowest BCUT2D eigenvalue weighted by Gasteiger charge is -2.43. The molecule has 0 aromatic carbocycles. The van der Waals surface area contributed by atoms with E-state index in [4.69, 9.17) is 15.7 Å². The average molecular weight is 221 g/mol. The minimum absolute atomic E-state index is 0.714. The van der Waals surface area contributed by atoms with Crippen molar-refractivity contribution >= 4 is 0 Å². The molecule has 0 saturated carbocycles. The number of aliphatic hydroxyl groups excluding tert-OH is 4. The van der Waals surface area contributed by atoms with Crippen LogP contribution in [-0.4, -0.2) is 62.5 Å². The summed E-state index contributed by atoms with van der Waals surface area (Å²) in [5.41, 5.74) is 5.53. The van der Waals surface area contributed by atoms with Gasteiger partial charge >= 0.3 is 0 Å². The Balaban J connectivity index is 3.03. The van der Waals surface area contributed by atoms with Gasteiger partial charge in [0.05, 0.1) is 6.61 Å². The zero-order chi connectivity index (χ0) is 11.6. The second-order valence-electron chi connectivity index (χ2n) is 3.11. The Labute approximate surface area is 83.8 Å². The normalized spacial score (nSPS) is 45.9. The molecule has 0 bridgehead atoms. The zero-order valence-corrected chi connectivity index (χ0v) is 7.50. The summed E-state index contributed by atoms with van der Waals surface area (Å²) in [6, 6.07) is 0. The maximum atomic E-state index is 9.61. The SMILES string of the molecule is [N-]=[N+]=N[C@]1(O)[C@H](O)[C@@H](CO)O[C@H](O)[C@@H]1O. The molecule has 1 fully saturated rings. The van der Waals surface area contributed by atoms with Gasteiger partial charge in [0.2, 0.25) is 5.72 Å². The van der Waals surface area contributed by atoms with Crippen molar-refractivity contribution in [3.63, 3.8) is 0 Å². The molecule has 0 unspecified atom stereocenters. The van der Waals surface area contributed by atoms with Crippen molar-refractivity contribution < 1.29 is 30.3 Å². The van der Waals surface area contributed by atoms with Crippen molar-refractivity contribution in [2.75, 3.05) is 6.61 Å². The largest absolute Gasteiger partial charge is 0.394 e. The number of hydrogen-bond donors (Lipinski definition) is 5. The Morgan fingerprint density at radius 3 is 2.40 bits per heavy atom. The molecular weight excluding hydrogens is 210 g/mol. The third kappa shape index (κ3) is 1.90. The van der Waals surface area contributed by atoms with Crippen LogP contribution in [0.25, 0.3) is 10.4 Å². The highest BCUT2D eigenvalue weighted by molar-refractivity contribution is 4.99. The molecule has 86 valence electrons. The van der Waals surface area contributed by atoms with Gasteiger partial charge in [0.1, 0.15) is 18.3 Å². The van der Waals surface area contributed by atoms with Crippen LogP contribution < -0.4 is 0 Å². The number of ether oxygens (including phenoxy) is 1. The third-order valence-corrected chi connectivity index (χ3v) is 2.19. The summed E-state index contributed by atoms with van der Waals surface area (Å²) in [4.78, 5) is 2.24. The van der Waals surface area contributed by atoms with Crippen molar-refractivity contribution in [1.29, 1.82) is 0 Å². The Hall–Kier alpha value is -0.930. The van der Waals surface area contributed by atoms with Crippen LogP contribution >= 0.6 is 0 Å². The number of azide groups is 1. The summed E-state index contributed by atoms with van der Waals surface area (Å²) in [7, 11) is 0. The van der Waals surface area contributed by atoms with E-state index in [0.717, 1.165) is 0 Å². The molecule has 1 aliphatic heterocycles. The van der Waals surface area contributed by atoms with Crippen LogP contribution in [0.1, 0.15) is 0 Å². The first kappa shape index (κ1) is 12.1.